The van der Waals surface area contributed by atoms with Crippen LogP contribution >= 0.6 is 0 Å². The van der Waals surface area contributed by atoms with Crippen LogP contribution in [0.4, 0.5) is 4.39 Å². The third-order valence-electron chi connectivity index (χ3n) is 2.67. The molecule has 6 heteroatoms. The first-order chi connectivity index (χ1) is 8.06. The Balaban J connectivity index is 2.60. The molecule has 5 nitrogen and oxygen atoms in total. The van der Waals surface area contributed by atoms with E-state index in [1.807, 2.05) is 0 Å². The maximum Gasteiger partial charge on any atom is 0.338 e. The topological polar surface area (TPSA) is 81.8 Å². The van der Waals surface area contributed by atoms with E-state index in [9.17, 15) is 14.3 Å². The van der Waals surface area contributed by atoms with Crippen LogP contribution in [-0.2, 0) is 4.74 Å². The maximum absolute atomic E-state index is 13.5. The van der Waals surface area contributed by atoms with Gasteiger partial charge in [-0.15, -0.1) is 0 Å². The second kappa shape index (κ2) is 4.31. The molecular formula is C11H12FNO4. The Hall–Kier alpha value is -1.66. The molecule has 1 aliphatic rings. The van der Waals surface area contributed by atoms with E-state index in [-0.39, 0.29) is 23.5 Å². The lowest BCUT2D eigenvalue weighted by Gasteiger charge is -2.29. The summed E-state index contributed by atoms with van der Waals surface area (Å²) >= 11 is 0. The number of nitrogens with two attached hydrogens (primary N) is 1. The summed E-state index contributed by atoms with van der Waals surface area (Å²) in [6.07, 6.45) is -1.15. The van der Waals surface area contributed by atoms with E-state index in [1.54, 1.807) is 0 Å². The van der Waals surface area contributed by atoms with Crippen molar-refractivity contribution in [3.05, 3.63) is 29.1 Å². The van der Waals surface area contributed by atoms with Crippen LogP contribution in [0.1, 0.15) is 22.0 Å². The van der Waals surface area contributed by atoms with Gasteiger partial charge >= 0.3 is 5.97 Å². The molecule has 2 unspecified atom stereocenters. The van der Waals surface area contributed by atoms with Crippen LogP contribution in [0, 0.1) is 5.82 Å². The molecule has 3 N–H and O–H groups in total. The molecule has 0 spiro atoms. The van der Waals surface area contributed by atoms with Gasteiger partial charge in [0.15, 0.2) is 11.6 Å². The van der Waals surface area contributed by atoms with Gasteiger partial charge in [-0.05, 0) is 12.1 Å². The fourth-order valence-electron chi connectivity index (χ4n) is 1.79. The SMILES string of the molecule is COC(=O)c1ccc(F)c2c1C(O)C(N)CO2. The number of fused-ring (bicyclic) bond motifs is 1. The summed E-state index contributed by atoms with van der Waals surface area (Å²) in [5.41, 5.74) is 5.72. The van der Waals surface area contributed by atoms with Crippen LogP contribution in [-0.4, -0.2) is 30.8 Å². The summed E-state index contributed by atoms with van der Waals surface area (Å²) < 4.78 is 23.2. The van der Waals surface area contributed by atoms with Crippen LogP contribution in [0.3, 0.4) is 0 Å². The van der Waals surface area contributed by atoms with Crippen molar-refractivity contribution in [2.24, 2.45) is 5.73 Å². The number of rotatable bonds is 1. The summed E-state index contributed by atoms with van der Waals surface area (Å²) in [5, 5.41) is 9.90. The van der Waals surface area contributed by atoms with Crippen LogP contribution in [0.15, 0.2) is 12.1 Å². The lowest BCUT2D eigenvalue weighted by molar-refractivity contribution is 0.0569. The van der Waals surface area contributed by atoms with Gasteiger partial charge in [0.2, 0.25) is 0 Å². The molecule has 0 aromatic heterocycles. The number of halogens is 1. The van der Waals surface area contributed by atoms with Gasteiger partial charge in [-0.25, -0.2) is 9.18 Å². The van der Waals surface area contributed by atoms with E-state index >= 15 is 0 Å². The van der Waals surface area contributed by atoms with Crippen molar-refractivity contribution >= 4 is 5.97 Å². The second-order valence-electron chi connectivity index (χ2n) is 3.75. The first-order valence-corrected chi connectivity index (χ1v) is 5.03. The van der Waals surface area contributed by atoms with Crippen LogP contribution in [0.2, 0.25) is 0 Å². The van der Waals surface area contributed by atoms with Gasteiger partial charge in [0.25, 0.3) is 0 Å². The van der Waals surface area contributed by atoms with Crippen molar-refractivity contribution in [1.82, 2.24) is 0 Å². The number of esters is 1. The Labute approximate surface area is 96.9 Å². The monoisotopic (exact) mass is 241 g/mol. The summed E-state index contributed by atoms with van der Waals surface area (Å²) in [6.45, 7) is -0.00425. The van der Waals surface area contributed by atoms with Gasteiger partial charge in [-0.2, -0.15) is 0 Å². The van der Waals surface area contributed by atoms with Crippen molar-refractivity contribution < 1.29 is 23.8 Å². The smallest absolute Gasteiger partial charge is 0.338 e. The average Bonchev–Trinajstić information content (AvgIpc) is 2.33. The molecule has 2 atom stereocenters. The fourth-order valence-corrected chi connectivity index (χ4v) is 1.79. The predicted molar refractivity (Wildman–Crippen MR) is 56.2 cm³/mol. The Kier molecular flexibility index (Phi) is 2.99. The number of aliphatic hydroxyl groups excluding tert-OH is 1. The van der Waals surface area contributed by atoms with Crippen LogP contribution in [0.25, 0.3) is 0 Å². The van der Waals surface area contributed by atoms with Crippen molar-refractivity contribution in [3.63, 3.8) is 0 Å². The highest BCUT2D eigenvalue weighted by Gasteiger charge is 2.33. The molecule has 0 radical (unpaired) electrons. The summed E-state index contributed by atoms with van der Waals surface area (Å²) in [6, 6.07) is 1.63. The molecule has 0 fully saturated rings. The molecule has 2 rings (SSSR count). The molecule has 0 saturated carbocycles. The minimum absolute atomic E-state index is 0.00425. The number of hydrogen-bond donors (Lipinski definition) is 2. The zero-order valence-electron chi connectivity index (χ0n) is 9.14. The molecule has 1 heterocycles. The largest absolute Gasteiger partial charge is 0.488 e. The standard InChI is InChI=1S/C11H12FNO4/c1-16-11(15)5-2-3-6(12)10-8(5)9(14)7(13)4-17-10/h2-3,7,9,14H,4,13H2,1H3. The predicted octanol–water partition coefficient (Wildman–Crippen LogP) is 0.365. The number of carbonyl (C=O) groups excluding carboxylic acids is 1. The third kappa shape index (κ3) is 1.85. The van der Waals surface area contributed by atoms with E-state index in [2.05, 4.69) is 4.74 Å². The minimum Gasteiger partial charge on any atom is -0.488 e. The van der Waals surface area contributed by atoms with Crippen LogP contribution < -0.4 is 10.5 Å². The lowest BCUT2D eigenvalue weighted by Crippen LogP contribution is -2.39. The highest BCUT2D eigenvalue weighted by molar-refractivity contribution is 5.92. The Bertz CT molecular complexity index is 463. The molecule has 0 aliphatic carbocycles. The molecule has 17 heavy (non-hydrogen) atoms. The number of aliphatic hydroxyl groups is 1. The zero-order valence-corrected chi connectivity index (χ0v) is 9.14. The summed E-state index contributed by atoms with van der Waals surface area (Å²) in [4.78, 5) is 11.5. The normalized spacial score (nSPS) is 22.6. The molecule has 0 amide bonds. The summed E-state index contributed by atoms with van der Waals surface area (Å²) in [5.74, 6) is -1.45. The number of benzene rings is 1. The number of hydrogen-bond acceptors (Lipinski definition) is 5. The van der Waals surface area contributed by atoms with Gasteiger partial charge in [-0.3, -0.25) is 0 Å². The van der Waals surface area contributed by atoms with E-state index in [0.29, 0.717) is 0 Å². The minimum atomic E-state index is -1.15. The van der Waals surface area contributed by atoms with E-state index in [0.717, 1.165) is 6.07 Å². The van der Waals surface area contributed by atoms with E-state index in [1.165, 1.54) is 13.2 Å². The number of methoxy groups -OCH3 is 1. The molecular weight excluding hydrogens is 229 g/mol. The van der Waals surface area contributed by atoms with Gasteiger partial charge in [0.1, 0.15) is 12.7 Å². The number of carbonyl (C=O) groups is 1. The Morgan fingerprint density at radius 2 is 2.35 bits per heavy atom. The molecule has 1 aromatic rings. The Morgan fingerprint density at radius 3 is 3.00 bits per heavy atom. The molecule has 1 aromatic carbocycles. The highest BCUT2D eigenvalue weighted by atomic mass is 19.1. The molecule has 0 bridgehead atoms. The van der Waals surface area contributed by atoms with Gasteiger partial charge < -0.3 is 20.3 Å². The van der Waals surface area contributed by atoms with Crippen LogP contribution in [0.5, 0.6) is 5.75 Å². The number of ether oxygens (including phenoxy) is 2. The van der Waals surface area contributed by atoms with Crippen molar-refractivity contribution in [2.75, 3.05) is 13.7 Å². The van der Waals surface area contributed by atoms with Crippen molar-refractivity contribution in [1.29, 1.82) is 0 Å². The van der Waals surface area contributed by atoms with Gasteiger partial charge in [0, 0.05) is 5.56 Å². The summed E-state index contributed by atoms with van der Waals surface area (Å²) in [7, 11) is 1.20. The Morgan fingerprint density at radius 1 is 1.65 bits per heavy atom. The van der Waals surface area contributed by atoms with E-state index in [4.69, 9.17) is 10.5 Å². The highest BCUT2D eigenvalue weighted by Crippen LogP contribution is 2.36. The zero-order chi connectivity index (χ0) is 12.6. The quantitative estimate of drug-likeness (QED) is 0.694. The van der Waals surface area contributed by atoms with Crippen molar-refractivity contribution in [2.45, 2.75) is 12.1 Å². The fraction of sp³-hybridized carbons (Fsp3) is 0.364. The third-order valence-corrected chi connectivity index (χ3v) is 2.67. The first-order valence-electron chi connectivity index (χ1n) is 5.03. The average molecular weight is 241 g/mol. The molecule has 1 aliphatic heterocycles. The van der Waals surface area contributed by atoms with E-state index < -0.39 is 23.9 Å². The lowest BCUT2D eigenvalue weighted by atomic mass is 9.94. The maximum atomic E-state index is 13.5. The van der Waals surface area contributed by atoms with Crippen molar-refractivity contribution in [3.8, 4) is 5.75 Å². The first kappa shape index (κ1) is 11.8. The van der Waals surface area contributed by atoms with Gasteiger partial charge in [0.05, 0.1) is 18.7 Å². The molecule has 0 saturated heterocycles. The molecule has 92 valence electrons. The van der Waals surface area contributed by atoms with Gasteiger partial charge in [-0.1, -0.05) is 0 Å². The second-order valence-corrected chi connectivity index (χ2v) is 3.75.